The zero-order chi connectivity index (χ0) is 32.5. The second kappa shape index (κ2) is 13.5. The molecule has 1 N–H and O–H groups in total. The molecular weight excluding hydrogens is 631 g/mol. The zero-order valence-corrected chi connectivity index (χ0v) is 27.5. The highest BCUT2D eigenvalue weighted by Gasteiger charge is 2.39. The van der Waals surface area contributed by atoms with Crippen LogP contribution < -0.4 is 0 Å². The number of aliphatic hydroxyl groups is 1. The van der Waals surface area contributed by atoms with Gasteiger partial charge in [0.2, 0.25) is 0 Å². The predicted octanol–water partition coefficient (Wildman–Crippen LogP) is 7.39. The van der Waals surface area contributed by atoms with Gasteiger partial charge in [0.05, 0.1) is 36.5 Å². The summed E-state index contributed by atoms with van der Waals surface area (Å²) in [7, 11) is 0. The summed E-state index contributed by atoms with van der Waals surface area (Å²) < 4.78 is 14.3. The maximum Gasteiger partial charge on any atom is 0.261 e. The number of aliphatic hydroxyl groups excluding tert-OH is 1. The number of thioether (sulfide) groups is 1. The Morgan fingerprint density at radius 1 is 0.809 bits per heavy atom. The fourth-order valence-electron chi connectivity index (χ4n) is 6.08. The number of benzene rings is 4. The summed E-state index contributed by atoms with van der Waals surface area (Å²) in [6.07, 6.45) is -0.969. The number of aryl methyl sites for hydroxylation is 1. The summed E-state index contributed by atoms with van der Waals surface area (Å²) in [5.41, 5.74) is 6.44. The molecule has 1 fully saturated rings. The standard InChI is InChI=1S/C37H33N3O5S2/c1-22-32(21-46-37-39-38-23(2)47-37)44-36(45-33(22)26-15-13-24(20-41)14-16-26)29-10-6-9-28(18-29)27-8-5-7-25(17-27)19-40-34(42)30-11-3-4-12-31(30)35(40)43/h3-18,22,32-33,36,41H,19-21H2,1-2H3. The van der Waals surface area contributed by atoms with Crippen molar-refractivity contribution in [3.63, 3.8) is 0 Å². The van der Waals surface area contributed by atoms with Gasteiger partial charge in [-0.25, -0.2) is 0 Å². The molecule has 5 aromatic rings. The van der Waals surface area contributed by atoms with Crippen LogP contribution in [0.25, 0.3) is 11.1 Å². The Hall–Kier alpha value is -4.19. The zero-order valence-electron chi connectivity index (χ0n) is 25.9. The molecule has 2 amide bonds. The molecule has 4 unspecified atom stereocenters. The molecule has 0 bridgehead atoms. The summed E-state index contributed by atoms with van der Waals surface area (Å²) in [5, 5.41) is 18.9. The Labute approximate surface area is 281 Å². The van der Waals surface area contributed by atoms with Gasteiger partial charge in [-0.05, 0) is 59.0 Å². The first-order valence-electron chi connectivity index (χ1n) is 15.5. The summed E-state index contributed by atoms with van der Waals surface area (Å²) in [6.45, 7) is 4.27. The van der Waals surface area contributed by atoms with Crippen LogP contribution >= 0.6 is 23.1 Å². The van der Waals surface area contributed by atoms with E-state index in [2.05, 4.69) is 23.2 Å². The highest BCUT2D eigenvalue weighted by molar-refractivity contribution is 8.01. The lowest BCUT2D eigenvalue weighted by Crippen LogP contribution is -2.38. The van der Waals surface area contributed by atoms with Gasteiger partial charge < -0.3 is 14.6 Å². The van der Waals surface area contributed by atoms with Gasteiger partial charge in [-0.15, -0.1) is 10.2 Å². The average molecular weight is 664 g/mol. The number of hydrogen-bond acceptors (Lipinski definition) is 9. The number of amides is 2. The van der Waals surface area contributed by atoms with E-state index in [-0.39, 0.29) is 43.1 Å². The first-order chi connectivity index (χ1) is 22.9. The molecule has 2 aliphatic rings. The van der Waals surface area contributed by atoms with E-state index in [1.807, 2.05) is 73.7 Å². The molecular formula is C37H33N3O5S2. The van der Waals surface area contributed by atoms with Crippen LogP contribution in [-0.4, -0.2) is 43.9 Å². The molecule has 4 aromatic carbocycles. The van der Waals surface area contributed by atoms with Crippen molar-refractivity contribution in [2.45, 2.75) is 49.8 Å². The molecule has 4 atom stereocenters. The molecule has 2 aliphatic heterocycles. The van der Waals surface area contributed by atoms with Gasteiger partial charge >= 0.3 is 0 Å². The Kier molecular flexibility index (Phi) is 9.02. The quantitative estimate of drug-likeness (QED) is 0.129. The van der Waals surface area contributed by atoms with Crippen LogP contribution in [0.4, 0.5) is 0 Å². The Morgan fingerprint density at radius 2 is 1.51 bits per heavy atom. The molecule has 0 radical (unpaired) electrons. The van der Waals surface area contributed by atoms with Gasteiger partial charge in [0, 0.05) is 17.2 Å². The van der Waals surface area contributed by atoms with Crippen LogP contribution in [0.5, 0.6) is 0 Å². The number of aromatic nitrogens is 2. The van der Waals surface area contributed by atoms with Crippen molar-refractivity contribution < 1.29 is 24.2 Å². The Morgan fingerprint density at radius 3 is 2.19 bits per heavy atom. The topological polar surface area (TPSA) is 102 Å². The Balaban J connectivity index is 1.14. The Bertz CT molecular complexity index is 1890. The van der Waals surface area contributed by atoms with E-state index in [9.17, 15) is 14.7 Å². The number of rotatable bonds is 9. The van der Waals surface area contributed by atoms with Gasteiger partial charge in [0.25, 0.3) is 11.8 Å². The van der Waals surface area contributed by atoms with Gasteiger partial charge in [0.1, 0.15) is 5.01 Å². The largest absolute Gasteiger partial charge is 0.392 e. The van der Waals surface area contributed by atoms with Gasteiger partial charge in [-0.3, -0.25) is 14.5 Å². The molecule has 47 heavy (non-hydrogen) atoms. The predicted molar refractivity (Wildman–Crippen MR) is 181 cm³/mol. The molecule has 0 saturated carbocycles. The average Bonchev–Trinajstić information content (AvgIpc) is 3.64. The minimum absolute atomic E-state index is 0.0140. The smallest absolute Gasteiger partial charge is 0.261 e. The number of nitrogens with zero attached hydrogens (tertiary/aromatic N) is 3. The van der Waals surface area contributed by atoms with Crippen molar-refractivity contribution in [3.05, 3.63) is 135 Å². The fraction of sp³-hybridized carbons (Fsp3) is 0.243. The normalized spacial score (nSPS) is 20.9. The number of hydrogen-bond donors (Lipinski definition) is 1. The number of carbonyl (C=O) groups is 2. The molecule has 1 saturated heterocycles. The molecule has 10 heteroatoms. The lowest BCUT2D eigenvalue weighted by molar-refractivity contribution is -0.268. The minimum atomic E-state index is -0.614. The van der Waals surface area contributed by atoms with E-state index in [0.717, 1.165) is 42.7 Å². The van der Waals surface area contributed by atoms with Crippen molar-refractivity contribution in [1.29, 1.82) is 0 Å². The van der Waals surface area contributed by atoms with Crippen molar-refractivity contribution >= 4 is 34.9 Å². The highest BCUT2D eigenvalue weighted by atomic mass is 32.2. The summed E-state index contributed by atoms with van der Waals surface area (Å²) in [6, 6.07) is 30.9. The van der Waals surface area contributed by atoms with Gasteiger partial charge in [0.15, 0.2) is 10.6 Å². The van der Waals surface area contributed by atoms with Crippen molar-refractivity contribution in [3.8, 4) is 11.1 Å². The highest BCUT2D eigenvalue weighted by Crippen LogP contribution is 2.43. The summed E-state index contributed by atoms with van der Waals surface area (Å²) in [5.74, 6) is 0.205. The van der Waals surface area contributed by atoms with Crippen molar-refractivity contribution in [2.24, 2.45) is 5.92 Å². The van der Waals surface area contributed by atoms with E-state index in [1.165, 1.54) is 4.90 Å². The molecule has 7 rings (SSSR count). The summed E-state index contributed by atoms with van der Waals surface area (Å²) in [4.78, 5) is 27.3. The van der Waals surface area contributed by atoms with E-state index in [0.29, 0.717) is 16.9 Å². The second-order valence-electron chi connectivity index (χ2n) is 11.8. The van der Waals surface area contributed by atoms with E-state index in [1.54, 1.807) is 47.4 Å². The second-order valence-corrected chi connectivity index (χ2v) is 14.2. The van der Waals surface area contributed by atoms with E-state index < -0.39 is 6.29 Å². The minimum Gasteiger partial charge on any atom is -0.392 e. The van der Waals surface area contributed by atoms with Crippen LogP contribution in [0.2, 0.25) is 0 Å². The first-order valence-corrected chi connectivity index (χ1v) is 17.3. The fourth-order valence-corrected chi connectivity index (χ4v) is 8.08. The first kappa shape index (κ1) is 31.4. The number of imide groups is 1. The lowest BCUT2D eigenvalue weighted by Gasteiger charge is -2.41. The molecule has 238 valence electrons. The third kappa shape index (κ3) is 6.52. The maximum absolute atomic E-state index is 13.0. The number of ether oxygens (including phenoxy) is 2. The summed E-state index contributed by atoms with van der Waals surface area (Å²) >= 11 is 3.22. The molecule has 1 aromatic heterocycles. The van der Waals surface area contributed by atoms with Crippen LogP contribution in [0.3, 0.4) is 0 Å². The third-order valence-corrected chi connectivity index (χ3v) is 10.7. The van der Waals surface area contributed by atoms with Crippen molar-refractivity contribution in [1.82, 2.24) is 15.1 Å². The van der Waals surface area contributed by atoms with Gasteiger partial charge in [-0.2, -0.15) is 0 Å². The van der Waals surface area contributed by atoms with E-state index >= 15 is 0 Å². The van der Waals surface area contributed by atoms with Crippen LogP contribution in [0.15, 0.2) is 101 Å². The van der Waals surface area contributed by atoms with Crippen LogP contribution in [0, 0.1) is 12.8 Å². The number of fused-ring (bicyclic) bond motifs is 1. The van der Waals surface area contributed by atoms with Gasteiger partial charge in [-0.1, -0.05) is 103 Å². The number of carbonyl (C=O) groups excluding carboxylic acids is 2. The third-order valence-electron chi connectivity index (χ3n) is 8.64. The monoisotopic (exact) mass is 663 g/mol. The van der Waals surface area contributed by atoms with Crippen molar-refractivity contribution in [2.75, 3.05) is 5.75 Å². The molecule has 0 aliphatic carbocycles. The van der Waals surface area contributed by atoms with Crippen LogP contribution in [0.1, 0.15) is 67.3 Å². The SMILES string of the molecule is Cc1nnc(SCC2OC(c3cccc(-c4cccc(CN5C(=O)c6ccccc6C5=O)c4)c3)OC(c3ccc(CO)cc3)C2C)s1. The maximum atomic E-state index is 13.0. The lowest BCUT2D eigenvalue weighted by atomic mass is 9.91. The van der Waals surface area contributed by atoms with E-state index in [4.69, 9.17) is 9.47 Å². The molecule has 8 nitrogen and oxygen atoms in total. The molecule has 0 spiro atoms. The van der Waals surface area contributed by atoms with Crippen LogP contribution in [-0.2, 0) is 22.6 Å². The molecule has 3 heterocycles.